The van der Waals surface area contributed by atoms with Crippen molar-refractivity contribution >= 4 is 15.9 Å². The van der Waals surface area contributed by atoms with Gasteiger partial charge >= 0.3 is 0 Å². The van der Waals surface area contributed by atoms with Gasteiger partial charge in [0.2, 0.25) is 0 Å². The van der Waals surface area contributed by atoms with E-state index in [1.54, 1.807) is 12.1 Å². The Morgan fingerprint density at radius 2 is 2.29 bits per heavy atom. The van der Waals surface area contributed by atoms with Crippen LogP contribution in [0.15, 0.2) is 34.8 Å². The summed E-state index contributed by atoms with van der Waals surface area (Å²) in [5.41, 5.74) is 1.02. The topological polar surface area (TPSA) is 9.23 Å². The molecule has 0 N–H and O–H groups in total. The lowest BCUT2D eigenvalue weighted by molar-refractivity contribution is 0.348. The quantitative estimate of drug-likeness (QED) is 0.744. The lowest BCUT2D eigenvalue weighted by Crippen LogP contribution is -1.99. The summed E-state index contributed by atoms with van der Waals surface area (Å²) in [5.74, 6) is 0.361. The Morgan fingerprint density at radius 1 is 1.57 bits per heavy atom. The Morgan fingerprint density at radius 3 is 2.86 bits per heavy atom. The second kappa shape index (κ2) is 5.15. The van der Waals surface area contributed by atoms with E-state index in [4.69, 9.17) is 4.74 Å². The van der Waals surface area contributed by atoms with Gasteiger partial charge in [-0.25, -0.2) is 4.39 Å². The molecule has 0 atom stereocenters. The molecule has 0 saturated heterocycles. The van der Waals surface area contributed by atoms with Crippen LogP contribution >= 0.6 is 15.9 Å². The fraction of sp³-hybridized carbons (Fsp3) is 0.273. The Kier molecular flexibility index (Phi) is 4.14. The number of halogens is 2. The van der Waals surface area contributed by atoms with Gasteiger partial charge in [-0.1, -0.05) is 13.5 Å². The van der Waals surface area contributed by atoms with Gasteiger partial charge in [-0.2, -0.15) is 0 Å². The van der Waals surface area contributed by atoms with Crippen molar-refractivity contribution in [3.8, 4) is 5.75 Å². The van der Waals surface area contributed by atoms with Crippen molar-refractivity contribution in [2.45, 2.75) is 13.3 Å². The van der Waals surface area contributed by atoms with E-state index in [0.717, 1.165) is 12.0 Å². The first-order valence-corrected chi connectivity index (χ1v) is 5.17. The predicted octanol–water partition coefficient (Wildman–Crippen LogP) is 3.93. The molecule has 1 aromatic carbocycles. The number of ether oxygens (including phenoxy) is 1. The van der Waals surface area contributed by atoms with Crippen molar-refractivity contribution in [1.82, 2.24) is 0 Å². The van der Waals surface area contributed by atoms with Gasteiger partial charge in [0.1, 0.15) is 18.2 Å². The summed E-state index contributed by atoms with van der Waals surface area (Å²) in [6.07, 6.45) is 0.891. The first-order chi connectivity index (χ1) is 6.63. The first kappa shape index (κ1) is 11.2. The Balaban J connectivity index is 2.60. The van der Waals surface area contributed by atoms with Crippen LogP contribution in [0.2, 0.25) is 0 Å². The fourth-order valence-corrected chi connectivity index (χ4v) is 1.21. The summed E-state index contributed by atoms with van der Waals surface area (Å²) < 4.78 is 18.7. The molecule has 0 spiro atoms. The van der Waals surface area contributed by atoms with Crippen molar-refractivity contribution in [3.63, 3.8) is 0 Å². The summed E-state index contributed by atoms with van der Waals surface area (Å²) in [5, 5.41) is 0. The van der Waals surface area contributed by atoms with E-state index in [0.29, 0.717) is 16.8 Å². The van der Waals surface area contributed by atoms with Gasteiger partial charge in [0.15, 0.2) is 0 Å². The van der Waals surface area contributed by atoms with Crippen LogP contribution in [0, 0.1) is 5.82 Å². The Bertz CT molecular complexity index is 336. The molecule has 1 aromatic rings. The molecule has 0 aliphatic heterocycles. The number of hydrogen-bond acceptors (Lipinski definition) is 1. The largest absolute Gasteiger partial charge is 0.489 e. The third kappa shape index (κ3) is 3.14. The predicted molar refractivity (Wildman–Crippen MR) is 59.0 cm³/mol. The molecule has 0 unspecified atom stereocenters. The molecular weight excluding hydrogens is 247 g/mol. The van der Waals surface area contributed by atoms with Gasteiger partial charge in [-0.05, 0) is 46.1 Å². The van der Waals surface area contributed by atoms with Gasteiger partial charge in [0, 0.05) is 0 Å². The standard InChI is InChI=1S/C11H12BrFO/c1-3-8(2)7-14-9-4-5-11(13)10(12)6-9/h4-6H,2-3,7H2,1H3. The van der Waals surface area contributed by atoms with E-state index < -0.39 is 0 Å². The average molecular weight is 259 g/mol. The zero-order chi connectivity index (χ0) is 10.6. The molecule has 3 heteroatoms. The van der Waals surface area contributed by atoms with E-state index in [-0.39, 0.29) is 5.82 Å². The highest BCUT2D eigenvalue weighted by Crippen LogP contribution is 2.21. The third-order valence-electron chi connectivity index (χ3n) is 1.83. The van der Waals surface area contributed by atoms with Crippen LogP contribution in [0.25, 0.3) is 0 Å². The fourth-order valence-electron chi connectivity index (χ4n) is 0.854. The SMILES string of the molecule is C=C(CC)COc1ccc(F)c(Br)c1. The minimum atomic E-state index is -0.285. The minimum absolute atomic E-state index is 0.285. The van der Waals surface area contributed by atoms with Crippen molar-refractivity contribution in [1.29, 1.82) is 0 Å². The van der Waals surface area contributed by atoms with Crippen LogP contribution in [0.4, 0.5) is 4.39 Å². The number of hydrogen-bond donors (Lipinski definition) is 0. The van der Waals surface area contributed by atoms with E-state index in [2.05, 4.69) is 22.5 Å². The Labute approximate surface area is 91.7 Å². The Hall–Kier alpha value is -0.830. The molecule has 0 heterocycles. The second-order valence-corrected chi connectivity index (χ2v) is 3.82. The van der Waals surface area contributed by atoms with Gasteiger partial charge < -0.3 is 4.74 Å². The summed E-state index contributed by atoms with van der Waals surface area (Å²) in [4.78, 5) is 0. The van der Waals surface area contributed by atoms with E-state index in [9.17, 15) is 4.39 Å². The zero-order valence-electron chi connectivity index (χ0n) is 8.02. The molecule has 0 aromatic heterocycles. The van der Waals surface area contributed by atoms with E-state index in [1.807, 2.05) is 6.92 Å². The molecule has 0 amide bonds. The maximum atomic E-state index is 12.8. The molecule has 0 radical (unpaired) electrons. The number of rotatable bonds is 4. The normalized spacial score (nSPS) is 9.93. The average Bonchev–Trinajstić information content (AvgIpc) is 2.19. The van der Waals surface area contributed by atoms with Crippen molar-refractivity contribution < 1.29 is 9.13 Å². The number of benzene rings is 1. The highest BCUT2D eigenvalue weighted by Gasteiger charge is 2.01. The van der Waals surface area contributed by atoms with Crippen LogP contribution in [-0.4, -0.2) is 6.61 Å². The molecule has 0 fully saturated rings. The third-order valence-corrected chi connectivity index (χ3v) is 2.44. The summed E-state index contributed by atoms with van der Waals surface area (Å²) in [7, 11) is 0. The van der Waals surface area contributed by atoms with Crippen LogP contribution in [0.5, 0.6) is 5.75 Å². The van der Waals surface area contributed by atoms with Gasteiger partial charge in [-0.15, -0.1) is 0 Å². The maximum Gasteiger partial charge on any atom is 0.137 e. The van der Waals surface area contributed by atoms with E-state index >= 15 is 0 Å². The minimum Gasteiger partial charge on any atom is -0.489 e. The molecular formula is C11H12BrFO. The van der Waals surface area contributed by atoms with Crippen LogP contribution in [0.3, 0.4) is 0 Å². The smallest absolute Gasteiger partial charge is 0.137 e. The van der Waals surface area contributed by atoms with Crippen LogP contribution < -0.4 is 4.74 Å². The summed E-state index contributed by atoms with van der Waals surface area (Å²) in [6.45, 7) is 6.32. The van der Waals surface area contributed by atoms with E-state index in [1.165, 1.54) is 6.07 Å². The molecule has 0 saturated carbocycles. The highest BCUT2D eigenvalue weighted by atomic mass is 79.9. The lowest BCUT2D eigenvalue weighted by atomic mass is 10.2. The zero-order valence-corrected chi connectivity index (χ0v) is 9.60. The maximum absolute atomic E-state index is 12.8. The van der Waals surface area contributed by atoms with Gasteiger partial charge in [0.25, 0.3) is 0 Å². The van der Waals surface area contributed by atoms with Crippen molar-refractivity contribution in [2.75, 3.05) is 6.61 Å². The molecule has 0 aliphatic carbocycles. The molecule has 14 heavy (non-hydrogen) atoms. The molecule has 1 nitrogen and oxygen atoms in total. The first-order valence-electron chi connectivity index (χ1n) is 4.38. The molecule has 76 valence electrons. The van der Waals surface area contributed by atoms with Crippen LogP contribution in [0.1, 0.15) is 13.3 Å². The van der Waals surface area contributed by atoms with Crippen molar-refractivity contribution in [2.24, 2.45) is 0 Å². The van der Waals surface area contributed by atoms with Crippen LogP contribution in [-0.2, 0) is 0 Å². The molecule has 0 aliphatic rings. The lowest BCUT2D eigenvalue weighted by Gasteiger charge is -2.07. The second-order valence-electron chi connectivity index (χ2n) is 2.97. The van der Waals surface area contributed by atoms with Gasteiger partial charge in [-0.3, -0.25) is 0 Å². The van der Waals surface area contributed by atoms with Crippen molar-refractivity contribution in [3.05, 3.63) is 40.6 Å². The molecule has 0 bridgehead atoms. The highest BCUT2D eigenvalue weighted by molar-refractivity contribution is 9.10. The van der Waals surface area contributed by atoms with Gasteiger partial charge in [0.05, 0.1) is 4.47 Å². The molecule has 1 rings (SSSR count). The summed E-state index contributed by atoms with van der Waals surface area (Å²) in [6, 6.07) is 4.58. The monoisotopic (exact) mass is 258 g/mol. The summed E-state index contributed by atoms with van der Waals surface area (Å²) >= 11 is 3.09.